The van der Waals surface area contributed by atoms with Gasteiger partial charge in [0.1, 0.15) is 0 Å². The quantitative estimate of drug-likeness (QED) is 0.546. The van der Waals surface area contributed by atoms with Gasteiger partial charge in [0.25, 0.3) is 5.91 Å². The van der Waals surface area contributed by atoms with E-state index in [0.717, 1.165) is 0 Å². The van der Waals surface area contributed by atoms with Crippen LogP contribution in [0.4, 0.5) is 0 Å². The smallest absolute Gasteiger partial charge is 0.284 e. The lowest BCUT2D eigenvalue weighted by Gasteiger charge is -2.01. The zero-order valence-corrected chi connectivity index (χ0v) is 6.91. The second-order valence-corrected chi connectivity index (χ2v) is 2.40. The molecule has 0 aromatic heterocycles. The highest BCUT2D eigenvalue weighted by Gasteiger charge is 2.07. The number of nitrogens with one attached hydrogen (secondary N) is 1. The van der Waals surface area contributed by atoms with E-state index in [4.69, 9.17) is 0 Å². The van der Waals surface area contributed by atoms with E-state index in [9.17, 15) is 9.59 Å². The first-order valence-electron chi connectivity index (χ1n) is 3.67. The van der Waals surface area contributed by atoms with E-state index in [1.54, 1.807) is 24.3 Å². The molecule has 0 atom stereocenters. The minimum atomic E-state index is -0.527. The Balaban J connectivity index is 2.80. The molecular weight excluding hydrogens is 166 g/mol. The predicted molar refractivity (Wildman–Crippen MR) is 49.3 cm³/mol. The Hall–Kier alpha value is -1.90. The Kier molecular flexibility index (Phi) is 2.97. The lowest BCUT2D eigenvalue weighted by atomic mass is 10.1. The van der Waals surface area contributed by atoms with Crippen molar-refractivity contribution in [2.75, 3.05) is 0 Å². The third-order valence-electron chi connectivity index (χ3n) is 1.56. The maximum Gasteiger partial charge on any atom is 0.316 e. The molecular formula is C10H8NO2. The zero-order valence-electron chi connectivity index (χ0n) is 6.91. The van der Waals surface area contributed by atoms with E-state index < -0.39 is 5.91 Å². The molecule has 0 saturated carbocycles. The topological polar surface area (TPSA) is 46.2 Å². The van der Waals surface area contributed by atoms with Gasteiger partial charge < -0.3 is 0 Å². The molecule has 1 radical (unpaired) electrons. The second kappa shape index (κ2) is 4.21. The van der Waals surface area contributed by atoms with Gasteiger partial charge in [0.2, 0.25) is 0 Å². The number of carbonyl (C=O) groups excluding carboxylic acids is 2. The van der Waals surface area contributed by atoms with Crippen molar-refractivity contribution in [3.8, 4) is 0 Å². The summed E-state index contributed by atoms with van der Waals surface area (Å²) >= 11 is 0. The predicted octanol–water partition coefficient (Wildman–Crippen LogP) is 0.883. The standard InChI is InChI=1S/C10H8NO2/c1-8(10(13)11-7-12)9-5-3-2-4-6-9/h2-6H,1H2,(H,11,12,13). The number of imide groups is 1. The Morgan fingerprint density at radius 3 is 2.46 bits per heavy atom. The summed E-state index contributed by atoms with van der Waals surface area (Å²) in [5.41, 5.74) is 0.944. The maximum absolute atomic E-state index is 11.1. The number of carbonyl (C=O) groups is 1. The van der Waals surface area contributed by atoms with Crippen molar-refractivity contribution in [2.24, 2.45) is 0 Å². The molecule has 0 aliphatic heterocycles. The van der Waals surface area contributed by atoms with Gasteiger partial charge in [0, 0.05) is 5.57 Å². The molecule has 0 saturated heterocycles. The van der Waals surface area contributed by atoms with E-state index in [2.05, 4.69) is 6.58 Å². The van der Waals surface area contributed by atoms with Crippen molar-refractivity contribution in [1.29, 1.82) is 0 Å². The van der Waals surface area contributed by atoms with Gasteiger partial charge in [-0.15, -0.1) is 0 Å². The molecule has 0 aliphatic carbocycles. The van der Waals surface area contributed by atoms with Crippen LogP contribution in [0.2, 0.25) is 0 Å². The van der Waals surface area contributed by atoms with Gasteiger partial charge in [0.05, 0.1) is 0 Å². The summed E-state index contributed by atoms with van der Waals surface area (Å²) in [5, 5.41) is 1.90. The van der Waals surface area contributed by atoms with E-state index in [-0.39, 0.29) is 5.57 Å². The highest BCUT2D eigenvalue weighted by atomic mass is 16.2. The number of benzene rings is 1. The molecule has 1 aromatic carbocycles. The molecule has 13 heavy (non-hydrogen) atoms. The van der Waals surface area contributed by atoms with Crippen LogP contribution >= 0.6 is 0 Å². The van der Waals surface area contributed by atoms with E-state index in [1.165, 1.54) is 6.41 Å². The Morgan fingerprint density at radius 2 is 1.92 bits per heavy atom. The normalized spacial score (nSPS) is 8.92. The Labute approximate surface area is 76.1 Å². The van der Waals surface area contributed by atoms with Crippen LogP contribution in [0.1, 0.15) is 5.56 Å². The van der Waals surface area contributed by atoms with E-state index in [1.807, 2.05) is 11.4 Å². The highest BCUT2D eigenvalue weighted by molar-refractivity contribution is 6.21. The lowest BCUT2D eigenvalue weighted by molar-refractivity contribution is -0.114. The summed E-state index contributed by atoms with van der Waals surface area (Å²) in [7, 11) is 0. The summed E-state index contributed by atoms with van der Waals surface area (Å²) in [6.45, 7) is 3.55. The maximum atomic E-state index is 11.1. The summed E-state index contributed by atoms with van der Waals surface area (Å²) in [5.74, 6) is -0.527. The zero-order chi connectivity index (χ0) is 9.68. The first-order valence-corrected chi connectivity index (χ1v) is 3.67. The average molecular weight is 174 g/mol. The van der Waals surface area contributed by atoms with Crippen molar-refractivity contribution < 1.29 is 9.59 Å². The summed E-state index contributed by atoms with van der Waals surface area (Å²) in [6.07, 6.45) is 1.31. The molecule has 2 amide bonds. The van der Waals surface area contributed by atoms with Crippen LogP contribution < -0.4 is 5.32 Å². The fourth-order valence-electron chi connectivity index (χ4n) is 0.892. The Morgan fingerprint density at radius 1 is 1.31 bits per heavy atom. The molecule has 0 fully saturated rings. The van der Waals surface area contributed by atoms with Crippen molar-refractivity contribution in [1.82, 2.24) is 5.32 Å². The van der Waals surface area contributed by atoms with Gasteiger partial charge in [-0.05, 0) is 5.56 Å². The largest absolute Gasteiger partial charge is 0.316 e. The van der Waals surface area contributed by atoms with Crippen LogP contribution in [0.5, 0.6) is 0 Å². The molecule has 0 unspecified atom stereocenters. The van der Waals surface area contributed by atoms with Crippen LogP contribution in [-0.4, -0.2) is 12.3 Å². The molecule has 1 rings (SSSR count). The molecule has 1 N–H and O–H groups in total. The van der Waals surface area contributed by atoms with Gasteiger partial charge in [-0.1, -0.05) is 36.9 Å². The number of hydrogen-bond acceptors (Lipinski definition) is 2. The minimum Gasteiger partial charge on any atom is -0.284 e. The Bertz CT molecular complexity index is 330. The second-order valence-electron chi connectivity index (χ2n) is 2.40. The molecule has 0 spiro atoms. The molecule has 0 heterocycles. The first kappa shape index (κ1) is 9.19. The monoisotopic (exact) mass is 174 g/mol. The average Bonchev–Trinajstić information content (AvgIpc) is 2.18. The fraction of sp³-hybridized carbons (Fsp3) is 0. The number of hydrogen-bond donors (Lipinski definition) is 1. The van der Waals surface area contributed by atoms with Gasteiger partial charge in [0.15, 0.2) is 0 Å². The van der Waals surface area contributed by atoms with E-state index >= 15 is 0 Å². The van der Waals surface area contributed by atoms with Crippen molar-refractivity contribution in [2.45, 2.75) is 0 Å². The molecule has 0 aliphatic rings. The SMILES string of the molecule is C=C(C(=O)N[C]=O)c1ccccc1. The highest BCUT2D eigenvalue weighted by Crippen LogP contribution is 2.10. The van der Waals surface area contributed by atoms with Gasteiger partial charge >= 0.3 is 6.41 Å². The van der Waals surface area contributed by atoms with Crippen molar-refractivity contribution in [3.05, 3.63) is 42.5 Å². The fourth-order valence-corrected chi connectivity index (χ4v) is 0.892. The van der Waals surface area contributed by atoms with Gasteiger partial charge in [-0.2, -0.15) is 0 Å². The van der Waals surface area contributed by atoms with Crippen LogP contribution in [0.25, 0.3) is 5.57 Å². The summed E-state index contributed by atoms with van der Waals surface area (Å²) in [6, 6.07) is 8.90. The third-order valence-corrected chi connectivity index (χ3v) is 1.56. The van der Waals surface area contributed by atoms with Crippen molar-refractivity contribution in [3.63, 3.8) is 0 Å². The van der Waals surface area contributed by atoms with Crippen LogP contribution in [0, 0.1) is 0 Å². The molecule has 3 heteroatoms. The van der Waals surface area contributed by atoms with Crippen LogP contribution in [0.15, 0.2) is 36.9 Å². The number of rotatable bonds is 3. The van der Waals surface area contributed by atoms with Gasteiger partial charge in [-0.3, -0.25) is 14.9 Å². The van der Waals surface area contributed by atoms with Crippen LogP contribution in [-0.2, 0) is 9.59 Å². The molecule has 1 aromatic rings. The van der Waals surface area contributed by atoms with Crippen LogP contribution in [0.3, 0.4) is 0 Å². The number of amides is 2. The molecule has 3 nitrogen and oxygen atoms in total. The molecule has 65 valence electrons. The van der Waals surface area contributed by atoms with E-state index in [0.29, 0.717) is 5.56 Å². The lowest BCUT2D eigenvalue weighted by Crippen LogP contribution is -2.21. The van der Waals surface area contributed by atoms with Gasteiger partial charge in [-0.25, -0.2) is 0 Å². The minimum absolute atomic E-state index is 0.254. The first-order chi connectivity index (χ1) is 6.25. The molecule has 0 bridgehead atoms. The van der Waals surface area contributed by atoms with Crippen molar-refractivity contribution >= 4 is 17.9 Å². The summed E-state index contributed by atoms with van der Waals surface area (Å²) < 4.78 is 0. The summed E-state index contributed by atoms with van der Waals surface area (Å²) in [4.78, 5) is 20.9. The third kappa shape index (κ3) is 2.27.